The lowest BCUT2D eigenvalue weighted by molar-refractivity contribution is -0.121. The van der Waals surface area contributed by atoms with Crippen LogP contribution in [0.5, 0.6) is 0 Å². The standard InChI is InChI=1S/C18H20N4O2/c1-19-17(23)15-10-12-6-2-3-7-14(12)22(15)18(24)13-11-21-9-5-4-8-16(21)20-13/h2-3,6-7,11,15H,4-5,8-10H2,1H3,(H,19,23). The van der Waals surface area contributed by atoms with Gasteiger partial charge in [-0.25, -0.2) is 4.98 Å². The lowest BCUT2D eigenvalue weighted by Gasteiger charge is -2.23. The molecule has 2 aliphatic heterocycles. The van der Waals surface area contributed by atoms with Crippen molar-refractivity contribution in [2.24, 2.45) is 0 Å². The number of nitrogens with one attached hydrogen (secondary N) is 1. The molecule has 1 aromatic heterocycles. The number of imidazole rings is 1. The maximum atomic E-state index is 13.1. The highest BCUT2D eigenvalue weighted by Crippen LogP contribution is 2.33. The summed E-state index contributed by atoms with van der Waals surface area (Å²) in [4.78, 5) is 31.5. The Morgan fingerprint density at radius 3 is 2.88 bits per heavy atom. The number of amides is 2. The number of aromatic nitrogens is 2. The second-order valence-electron chi connectivity index (χ2n) is 6.33. The highest BCUT2D eigenvalue weighted by atomic mass is 16.2. The molecular formula is C18H20N4O2. The van der Waals surface area contributed by atoms with Crippen LogP contribution in [-0.2, 0) is 24.2 Å². The van der Waals surface area contributed by atoms with Crippen molar-refractivity contribution in [3.8, 4) is 0 Å². The molecule has 4 rings (SSSR count). The van der Waals surface area contributed by atoms with Crippen LogP contribution in [-0.4, -0.2) is 34.5 Å². The first-order chi connectivity index (χ1) is 11.7. The molecule has 2 amide bonds. The summed E-state index contributed by atoms with van der Waals surface area (Å²) in [5.41, 5.74) is 2.25. The minimum atomic E-state index is -0.515. The molecular weight excluding hydrogens is 304 g/mol. The third-order valence-corrected chi connectivity index (χ3v) is 4.87. The number of carbonyl (C=O) groups is 2. The molecule has 24 heavy (non-hydrogen) atoms. The number of anilines is 1. The quantitative estimate of drug-likeness (QED) is 0.911. The van der Waals surface area contributed by atoms with Gasteiger partial charge in [-0.15, -0.1) is 0 Å². The molecule has 2 aromatic rings. The normalized spacial score (nSPS) is 18.9. The number of carbonyl (C=O) groups excluding carboxylic acids is 2. The van der Waals surface area contributed by atoms with Crippen LogP contribution in [0.25, 0.3) is 0 Å². The largest absolute Gasteiger partial charge is 0.357 e. The summed E-state index contributed by atoms with van der Waals surface area (Å²) in [6, 6.07) is 7.17. The number of likely N-dealkylation sites (N-methyl/N-ethyl adjacent to an activating group) is 1. The predicted octanol–water partition coefficient (Wildman–Crippen LogP) is 1.54. The second kappa shape index (κ2) is 5.78. The summed E-state index contributed by atoms with van der Waals surface area (Å²) < 4.78 is 2.06. The highest BCUT2D eigenvalue weighted by molar-refractivity contribution is 6.10. The van der Waals surface area contributed by atoms with Crippen molar-refractivity contribution in [2.45, 2.75) is 38.3 Å². The van der Waals surface area contributed by atoms with Crippen molar-refractivity contribution < 1.29 is 9.59 Å². The molecule has 0 radical (unpaired) electrons. The van der Waals surface area contributed by atoms with Gasteiger partial charge in [0.05, 0.1) is 0 Å². The van der Waals surface area contributed by atoms with E-state index in [0.29, 0.717) is 12.1 Å². The average molecular weight is 324 g/mol. The maximum absolute atomic E-state index is 13.1. The Morgan fingerprint density at radius 1 is 1.25 bits per heavy atom. The Hall–Kier alpha value is -2.63. The van der Waals surface area contributed by atoms with Gasteiger partial charge in [-0.3, -0.25) is 14.5 Å². The van der Waals surface area contributed by atoms with Crippen LogP contribution in [0.3, 0.4) is 0 Å². The Kier molecular flexibility index (Phi) is 3.59. The number of nitrogens with zero attached hydrogens (tertiary/aromatic N) is 3. The summed E-state index contributed by atoms with van der Waals surface area (Å²) in [7, 11) is 1.60. The Labute approximate surface area is 140 Å². The van der Waals surface area contributed by atoms with Gasteiger partial charge in [0.15, 0.2) is 0 Å². The monoisotopic (exact) mass is 324 g/mol. The molecule has 1 N–H and O–H groups in total. The molecule has 0 fully saturated rings. The van der Waals surface area contributed by atoms with Crippen LogP contribution in [0.1, 0.15) is 34.7 Å². The molecule has 1 aromatic carbocycles. The van der Waals surface area contributed by atoms with E-state index in [1.165, 1.54) is 0 Å². The van der Waals surface area contributed by atoms with Crippen molar-refractivity contribution >= 4 is 17.5 Å². The zero-order valence-corrected chi connectivity index (χ0v) is 13.7. The van der Waals surface area contributed by atoms with Crippen LogP contribution >= 0.6 is 0 Å². The molecule has 0 saturated carbocycles. The van der Waals surface area contributed by atoms with Crippen LogP contribution in [0.4, 0.5) is 5.69 Å². The predicted molar refractivity (Wildman–Crippen MR) is 90.0 cm³/mol. The van der Waals surface area contributed by atoms with E-state index >= 15 is 0 Å². The first-order valence-corrected chi connectivity index (χ1v) is 8.38. The van der Waals surface area contributed by atoms with Crippen LogP contribution in [0, 0.1) is 0 Å². The average Bonchev–Trinajstić information content (AvgIpc) is 3.21. The molecule has 0 spiro atoms. The minimum absolute atomic E-state index is 0.150. The lowest BCUT2D eigenvalue weighted by Crippen LogP contribution is -2.47. The molecule has 0 saturated heterocycles. The SMILES string of the molecule is CNC(=O)C1Cc2ccccc2N1C(=O)c1cn2c(n1)CCCC2. The Bertz CT molecular complexity index is 788. The van der Waals surface area contributed by atoms with Crippen molar-refractivity contribution in [3.63, 3.8) is 0 Å². The fraction of sp³-hybridized carbons (Fsp3) is 0.389. The third kappa shape index (κ3) is 2.29. The zero-order chi connectivity index (χ0) is 16.7. The summed E-state index contributed by atoms with van der Waals surface area (Å²) in [5, 5.41) is 2.67. The van der Waals surface area contributed by atoms with Gasteiger partial charge in [0.1, 0.15) is 17.6 Å². The number of rotatable bonds is 2. The summed E-state index contributed by atoms with van der Waals surface area (Å²) >= 11 is 0. The van der Waals surface area contributed by atoms with Gasteiger partial charge in [-0.05, 0) is 24.5 Å². The molecule has 2 aliphatic rings. The van der Waals surface area contributed by atoms with E-state index in [2.05, 4.69) is 14.9 Å². The van der Waals surface area contributed by atoms with Crippen molar-refractivity contribution in [1.82, 2.24) is 14.9 Å². The van der Waals surface area contributed by atoms with E-state index in [1.807, 2.05) is 30.5 Å². The van der Waals surface area contributed by atoms with Crippen molar-refractivity contribution in [1.29, 1.82) is 0 Å². The Morgan fingerprint density at radius 2 is 2.08 bits per heavy atom. The summed E-state index contributed by atoms with van der Waals surface area (Å²) in [6.07, 6.45) is 5.50. The zero-order valence-electron chi connectivity index (χ0n) is 13.7. The minimum Gasteiger partial charge on any atom is -0.357 e. The number of aryl methyl sites for hydroxylation is 2. The number of benzene rings is 1. The van der Waals surface area contributed by atoms with Gasteiger partial charge in [0, 0.05) is 38.3 Å². The van der Waals surface area contributed by atoms with Crippen molar-refractivity contribution in [2.75, 3.05) is 11.9 Å². The van der Waals surface area contributed by atoms with E-state index in [-0.39, 0.29) is 11.8 Å². The molecule has 6 nitrogen and oxygen atoms in total. The highest BCUT2D eigenvalue weighted by Gasteiger charge is 2.39. The number of hydrogen-bond acceptors (Lipinski definition) is 3. The first kappa shape index (κ1) is 14.9. The van der Waals surface area contributed by atoms with Gasteiger partial charge < -0.3 is 9.88 Å². The van der Waals surface area contributed by atoms with Gasteiger partial charge in [0.25, 0.3) is 5.91 Å². The number of fused-ring (bicyclic) bond motifs is 2. The van der Waals surface area contributed by atoms with E-state index in [4.69, 9.17) is 0 Å². The van der Waals surface area contributed by atoms with Crippen molar-refractivity contribution in [3.05, 3.63) is 47.5 Å². The first-order valence-electron chi connectivity index (χ1n) is 8.38. The van der Waals surface area contributed by atoms with E-state index in [0.717, 1.165) is 42.9 Å². The van der Waals surface area contributed by atoms with E-state index in [1.54, 1.807) is 11.9 Å². The van der Waals surface area contributed by atoms with Crippen LogP contribution < -0.4 is 10.2 Å². The number of hydrogen-bond donors (Lipinski definition) is 1. The maximum Gasteiger partial charge on any atom is 0.279 e. The second-order valence-corrected chi connectivity index (χ2v) is 6.33. The van der Waals surface area contributed by atoms with Gasteiger partial charge in [-0.2, -0.15) is 0 Å². The summed E-state index contributed by atoms with van der Waals surface area (Å²) in [5.74, 6) is 0.618. The third-order valence-electron chi connectivity index (χ3n) is 4.87. The summed E-state index contributed by atoms with van der Waals surface area (Å²) in [6.45, 7) is 0.908. The van der Waals surface area contributed by atoms with E-state index in [9.17, 15) is 9.59 Å². The molecule has 0 bridgehead atoms. The molecule has 1 atom stereocenters. The molecule has 124 valence electrons. The van der Waals surface area contributed by atoms with Crippen LogP contribution in [0.15, 0.2) is 30.5 Å². The smallest absolute Gasteiger partial charge is 0.279 e. The van der Waals surface area contributed by atoms with Crippen LogP contribution in [0.2, 0.25) is 0 Å². The fourth-order valence-corrected chi connectivity index (χ4v) is 3.65. The van der Waals surface area contributed by atoms with E-state index < -0.39 is 6.04 Å². The number of para-hydroxylation sites is 1. The Balaban J connectivity index is 1.73. The van der Waals surface area contributed by atoms with Gasteiger partial charge >= 0.3 is 0 Å². The van der Waals surface area contributed by atoms with Gasteiger partial charge in [0.2, 0.25) is 5.91 Å². The lowest BCUT2D eigenvalue weighted by atomic mass is 10.1. The molecule has 3 heterocycles. The molecule has 6 heteroatoms. The topological polar surface area (TPSA) is 67.2 Å². The fourth-order valence-electron chi connectivity index (χ4n) is 3.65. The van der Waals surface area contributed by atoms with Gasteiger partial charge in [-0.1, -0.05) is 18.2 Å². The molecule has 0 aliphatic carbocycles. The molecule has 1 unspecified atom stereocenters.